The highest BCUT2D eigenvalue weighted by molar-refractivity contribution is 5.91. The number of nitro groups is 1. The number of carbonyl (C=O) groups excluding carboxylic acids is 1. The van der Waals surface area contributed by atoms with Crippen molar-refractivity contribution in [2.75, 3.05) is 18.4 Å². The van der Waals surface area contributed by atoms with Gasteiger partial charge in [0.2, 0.25) is 0 Å². The van der Waals surface area contributed by atoms with Crippen LogP contribution in [0.25, 0.3) is 5.69 Å². The minimum absolute atomic E-state index is 0.0329. The largest absolute Gasteiger partial charge is 0.383 e. The van der Waals surface area contributed by atoms with Crippen LogP contribution in [0, 0.1) is 17.0 Å². The smallest absolute Gasteiger partial charge is 0.273 e. The van der Waals surface area contributed by atoms with E-state index in [1.54, 1.807) is 23.0 Å². The van der Waals surface area contributed by atoms with Crippen molar-refractivity contribution in [1.29, 1.82) is 0 Å². The number of nitrogens with zero attached hydrogens (tertiary/aromatic N) is 4. The Labute approximate surface area is 155 Å². The zero-order valence-corrected chi connectivity index (χ0v) is 14.6. The third-order valence-corrected chi connectivity index (χ3v) is 3.84. The third-order valence-electron chi connectivity index (χ3n) is 3.84. The van der Waals surface area contributed by atoms with Crippen LogP contribution in [0.2, 0.25) is 0 Å². The SMILES string of the molecule is Cc1ccc(-n2cc(C(=O)NCCNc3ccc([N+](=O)[O-])cc3)nn2)cc1. The summed E-state index contributed by atoms with van der Waals surface area (Å²) in [6.45, 7) is 2.83. The highest BCUT2D eigenvalue weighted by Crippen LogP contribution is 2.14. The molecule has 138 valence electrons. The van der Waals surface area contributed by atoms with Crippen molar-refractivity contribution in [3.8, 4) is 5.69 Å². The summed E-state index contributed by atoms with van der Waals surface area (Å²) in [7, 11) is 0. The van der Waals surface area contributed by atoms with Gasteiger partial charge in [0.1, 0.15) is 0 Å². The van der Waals surface area contributed by atoms with Gasteiger partial charge in [0.15, 0.2) is 5.69 Å². The van der Waals surface area contributed by atoms with Crippen LogP contribution in [-0.4, -0.2) is 38.9 Å². The molecule has 1 heterocycles. The number of carbonyl (C=O) groups is 1. The average Bonchev–Trinajstić information content (AvgIpc) is 3.16. The van der Waals surface area contributed by atoms with Crippen LogP contribution in [0.15, 0.2) is 54.7 Å². The van der Waals surface area contributed by atoms with E-state index in [-0.39, 0.29) is 17.3 Å². The molecule has 0 spiro atoms. The third kappa shape index (κ3) is 4.66. The quantitative estimate of drug-likeness (QED) is 0.377. The van der Waals surface area contributed by atoms with Crippen LogP contribution in [0.4, 0.5) is 11.4 Å². The molecular formula is C18H18N6O3. The molecule has 0 aliphatic rings. The summed E-state index contributed by atoms with van der Waals surface area (Å²) in [4.78, 5) is 22.3. The van der Waals surface area contributed by atoms with E-state index in [4.69, 9.17) is 0 Å². The number of aromatic nitrogens is 3. The van der Waals surface area contributed by atoms with Gasteiger partial charge in [0.05, 0.1) is 16.8 Å². The number of hydrogen-bond donors (Lipinski definition) is 2. The van der Waals surface area contributed by atoms with Crippen molar-refractivity contribution in [2.24, 2.45) is 0 Å². The predicted molar refractivity (Wildman–Crippen MR) is 100 cm³/mol. The zero-order valence-electron chi connectivity index (χ0n) is 14.6. The number of nitrogens with one attached hydrogen (secondary N) is 2. The molecule has 3 aromatic rings. The second-order valence-corrected chi connectivity index (χ2v) is 5.87. The zero-order chi connectivity index (χ0) is 19.2. The van der Waals surface area contributed by atoms with Crippen molar-refractivity contribution in [3.05, 3.63) is 76.1 Å². The number of nitro benzene ring substituents is 1. The lowest BCUT2D eigenvalue weighted by Crippen LogP contribution is -2.29. The average molecular weight is 366 g/mol. The molecular weight excluding hydrogens is 348 g/mol. The Morgan fingerprint density at radius 3 is 2.48 bits per heavy atom. The Morgan fingerprint density at radius 2 is 1.81 bits per heavy atom. The van der Waals surface area contributed by atoms with Crippen LogP contribution in [0.5, 0.6) is 0 Å². The molecule has 0 aliphatic carbocycles. The maximum Gasteiger partial charge on any atom is 0.273 e. The molecule has 0 fully saturated rings. The molecule has 0 unspecified atom stereocenters. The normalized spacial score (nSPS) is 10.4. The maximum absolute atomic E-state index is 12.1. The fourth-order valence-electron chi connectivity index (χ4n) is 2.37. The number of anilines is 1. The van der Waals surface area contributed by atoms with Crippen LogP contribution < -0.4 is 10.6 Å². The molecule has 2 aromatic carbocycles. The van der Waals surface area contributed by atoms with Gasteiger partial charge >= 0.3 is 0 Å². The van der Waals surface area contributed by atoms with E-state index in [2.05, 4.69) is 20.9 Å². The van der Waals surface area contributed by atoms with E-state index < -0.39 is 4.92 Å². The lowest BCUT2D eigenvalue weighted by Gasteiger charge is -2.06. The van der Waals surface area contributed by atoms with Crippen molar-refractivity contribution in [3.63, 3.8) is 0 Å². The summed E-state index contributed by atoms with van der Waals surface area (Å²) < 4.78 is 1.55. The molecule has 0 radical (unpaired) electrons. The Kier molecular flexibility index (Phi) is 5.41. The summed E-state index contributed by atoms with van der Waals surface area (Å²) in [5, 5.41) is 24.3. The van der Waals surface area contributed by atoms with Gasteiger partial charge < -0.3 is 10.6 Å². The van der Waals surface area contributed by atoms with E-state index >= 15 is 0 Å². The Bertz CT molecular complexity index is 934. The number of amides is 1. The topological polar surface area (TPSA) is 115 Å². The number of non-ortho nitro benzene ring substituents is 1. The molecule has 0 atom stereocenters. The molecule has 27 heavy (non-hydrogen) atoms. The molecule has 0 aliphatic heterocycles. The Hall–Kier alpha value is -3.75. The summed E-state index contributed by atoms with van der Waals surface area (Å²) >= 11 is 0. The highest BCUT2D eigenvalue weighted by atomic mass is 16.6. The van der Waals surface area contributed by atoms with Crippen molar-refractivity contribution in [1.82, 2.24) is 20.3 Å². The first kappa shape index (κ1) is 18.1. The van der Waals surface area contributed by atoms with Gasteiger partial charge in [-0.25, -0.2) is 4.68 Å². The number of hydrogen-bond acceptors (Lipinski definition) is 6. The fraction of sp³-hybridized carbons (Fsp3) is 0.167. The second-order valence-electron chi connectivity index (χ2n) is 5.87. The predicted octanol–water partition coefficient (Wildman–Crippen LogP) is 2.33. The monoisotopic (exact) mass is 366 g/mol. The standard InChI is InChI=1S/C18H18N6O3/c1-13-2-6-15(7-3-13)23-12-17(21-22-23)18(25)20-11-10-19-14-4-8-16(9-5-14)24(26)27/h2-9,12,19H,10-11H2,1H3,(H,20,25). The van der Waals surface area contributed by atoms with E-state index in [9.17, 15) is 14.9 Å². The maximum atomic E-state index is 12.1. The lowest BCUT2D eigenvalue weighted by atomic mass is 10.2. The molecule has 9 heteroatoms. The minimum atomic E-state index is -0.451. The molecule has 0 saturated heterocycles. The van der Waals surface area contributed by atoms with Gasteiger partial charge in [-0.05, 0) is 31.2 Å². The van der Waals surface area contributed by atoms with Gasteiger partial charge in [-0.3, -0.25) is 14.9 Å². The van der Waals surface area contributed by atoms with E-state index in [1.165, 1.54) is 12.1 Å². The van der Waals surface area contributed by atoms with E-state index in [1.807, 2.05) is 31.2 Å². The van der Waals surface area contributed by atoms with E-state index in [0.717, 1.165) is 16.9 Å². The minimum Gasteiger partial charge on any atom is -0.383 e. The molecule has 0 saturated carbocycles. The molecule has 1 amide bonds. The molecule has 0 bridgehead atoms. The molecule has 9 nitrogen and oxygen atoms in total. The highest BCUT2D eigenvalue weighted by Gasteiger charge is 2.11. The number of rotatable bonds is 7. The molecule has 1 aromatic heterocycles. The number of aryl methyl sites for hydroxylation is 1. The first-order valence-electron chi connectivity index (χ1n) is 8.29. The first-order valence-corrected chi connectivity index (χ1v) is 8.29. The van der Waals surface area contributed by atoms with Gasteiger partial charge in [-0.2, -0.15) is 0 Å². The van der Waals surface area contributed by atoms with Gasteiger partial charge in [0, 0.05) is 30.9 Å². The summed E-state index contributed by atoms with van der Waals surface area (Å²) in [5.74, 6) is -0.320. The van der Waals surface area contributed by atoms with Crippen LogP contribution in [-0.2, 0) is 0 Å². The van der Waals surface area contributed by atoms with Gasteiger partial charge in [-0.15, -0.1) is 5.10 Å². The van der Waals surface area contributed by atoms with Crippen molar-refractivity contribution in [2.45, 2.75) is 6.92 Å². The fourth-order valence-corrected chi connectivity index (χ4v) is 2.37. The summed E-state index contributed by atoms with van der Waals surface area (Å²) in [6, 6.07) is 13.8. The molecule has 3 rings (SSSR count). The van der Waals surface area contributed by atoms with Crippen molar-refractivity contribution < 1.29 is 9.72 Å². The lowest BCUT2D eigenvalue weighted by molar-refractivity contribution is -0.384. The summed E-state index contributed by atoms with van der Waals surface area (Å²) in [5.41, 5.74) is 2.96. The first-order chi connectivity index (χ1) is 13.0. The Morgan fingerprint density at radius 1 is 1.11 bits per heavy atom. The van der Waals surface area contributed by atoms with Crippen LogP contribution >= 0.6 is 0 Å². The molecule has 2 N–H and O–H groups in total. The number of benzene rings is 2. The Balaban J connectivity index is 1.48. The summed E-state index contributed by atoms with van der Waals surface area (Å²) in [6.07, 6.45) is 1.57. The van der Waals surface area contributed by atoms with Gasteiger partial charge in [0.25, 0.3) is 11.6 Å². The van der Waals surface area contributed by atoms with Crippen LogP contribution in [0.1, 0.15) is 16.1 Å². The van der Waals surface area contributed by atoms with Crippen LogP contribution in [0.3, 0.4) is 0 Å². The second kappa shape index (κ2) is 8.09. The van der Waals surface area contributed by atoms with E-state index in [0.29, 0.717) is 13.1 Å². The van der Waals surface area contributed by atoms with Crippen molar-refractivity contribution >= 4 is 17.3 Å². The van der Waals surface area contributed by atoms with Gasteiger partial charge in [-0.1, -0.05) is 22.9 Å².